The van der Waals surface area contributed by atoms with Crippen molar-refractivity contribution in [2.45, 2.75) is 13.8 Å². The Kier molecular flexibility index (Phi) is 6.12. The Morgan fingerprint density at radius 2 is 1.97 bits per heavy atom. The fourth-order valence-electron chi connectivity index (χ4n) is 3.13. The van der Waals surface area contributed by atoms with Crippen molar-refractivity contribution in [2.24, 2.45) is 10.8 Å². The highest BCUT2D eigenvalue weighted by Gasteiger charge is 2.15. The molecular weight excluding hydrogens is 443 g/mol. The standard InChI is InChI=1S/C22H19FN8O3/c1-13-7-15(8-14(2)21(13)32)11-27-31(22(24)33)16-3-4-19(18(23)9-16)34-17-5-6-25-20(10-17)30-12-26-28-29-30/h3-12,32H,1-2H3,(H2,24,33)/b27-11+. The third kappa shape index (κ3) is 4.80. The van der Waals surface area contributed by atoms with Crippen LogP contribution in [0.15, 0.2) is 60.1 Å². The molecule has 0 radical (unpaired) electrons. The number of benzene rings is 2. The van der Waals surface area contributed by atoms with Crippen molar-refractivity contribution in [3.8, 4) is 23.1 Å². The van der Waals surface area contributed by atoms with E-state index in [0.29, 0.717) is 28.3 Å². The van der Waals surface area contributed by atoms with E-state index >= 15 is 0 Å². The molecule has 2 amide bonds. The zero-order chi connectivity index (χ0) is 24.2. The SMILES string of the molecule is Cc1cc(/C=N/N(C(N)=O)c2ccc(Oc3ccnc(-n4cnnn4)c3)c(F)c2)cc(C)c1O. The number of tetrazole rings is 1. The Hall–Kier alpha value is -4.87. The number of amides is 2. The van der Waals surface area contributed by atoms with E-state index in [1.807, 2.05) is 0 Å². The van der Waals surface area contributed by atoms with Gasteiger partial charge in [0.1, 0.15) is 17.8 Å². The van der Waals surface area contributed by atoms with Crippen LogP contribution in [0, 0.1) is 19.7 Å². The predicted octanol–water partition coefficient (Wildman–Crippen LogP) is 3.23. The maximum atomic E-state index is 14.8. The first-order valence-electron chi connectivity index (χ1n) is 9.92. The fraction of sp³-hybridized carbons (Fsp3) is 0.0909. The summed E-state index contributed by atoms with van der Waals surface area (Å²) in [7, 11) is 0. The number of hydrogen-bond donors (Lipinski definition) is 2. The number of aromatic nitrogens is 5. The summed E-state index contributed by atoms with van der Waals surface area (Å²) in [6.45, 7) is 3.49. The van der Waals surface area contributed by atoms with Crippen LogP contribution < -0.4 is 15.5 Å². The highest BCUT2D eigenvalue weighted by atomic mass is 19.1. The second kappa shape index (κ2) is 9.32. The van der Waals surface area contributed by atoms with Gasteiger partial charge in [-0.15, -0.1) is 5.10 Å². The van der Waals surface area contributed by atoms with Gasteiger partial charge < -0.3 is 15.6 Å². The predicted molar refractivity (Wildman–Crippen MR) is 121 cm³/mol. The minimum Gasteiger partial charge on any atom is -0.507 e. The second-order valence-electron chi connectivity index (χ2n) is 7.22. The monoisotopic (exact) mass is 462 g/mol. The Bertz CT molecular complexity index is 1350. The van der Waals surface area contributed by atoms with Crippen molar-refractivity contribution in [1.82, 2.24) is 25.2 Å². The summed E-state index contributed by atoms with van der Waals surface area (Å²) >= 11 is 0. The summed E-state index contributed by atoms with van der Waals surface area (Å²) in [5.41, 5.74) is 7.49. The van der Waals surface area contributed by atoms with Gasteiger partial charge in [0, 0.05) is 18.3 Å². The first kappa shape index (κ1) is 22.3. The van der Waals surface area contributed by atoms with E-state index in [-0.39, 0.29) is 17.2 Å². The van der Waals surface area contributed by atoms with E-state index in [9.17, 15) is 14.3 Å². The van der Waals surface area contributed by atoms with E-state index in [1.165, 1.54) is 41.6 Å². The lowest BCUT2D eigenvalue weighted by Gasteiger charge is -2.16. The molecule has 34 heavy (non-hydrogen) atoms. The number of rotatable bonds is 6. The van der Waals surface area contributed by atoms with Gasteiger partial charge in [0.15, 0.2) is 17.4 Å². The number of hydrazone groups is 1. The molecule has 2 heterocycles. The second-order valence-corrected chi connectivity index (χ2v) is 7.22. The third-order valence-electron chi connectivity index (χ3n) is 4.73. The Morgan fingerprint density at radius 1 is 1.21 bits per heavy atom. The number of ether oxygens (including phenoxy) is 1. The van der Waals surface area contributed by atoms with Gasteiger partial charge >= 0.3 is 6.03 Å². The molecule has 0 unspecified atom stereocenters. The van der Waals surface area contributed by atoms with Crippen LogP contribution in [0.1, 0.15) is 16.7 Å². The van der Waals surface area contributed by atoms with Crippen LogP contribution in [0.2, 0.25) is 0 Å². The van der Waals surface area contributed by atoms with Gasteiger partial charge in [-0.05, 0) is 71.3 Å². The topological polar surface area (TPSA) is 145 Å². The van der Waals surface area contributed by atoms with Crippen LogP contribution in [0.3, 0.4) is 0 Å². The number of hydrogen-bond acceptors (Lipinski definition) is 8. The molecule has 0 saturated carbocycles. The molecule has 0 bridgehead atoms. The van der Waals surface area contributed by atoms with Gasteiger partial charge in [0.05, 0.1) is 11.9 Å². The number of halogens is 1. The van der Waals surface area contributed by atoms with Gasteiger partial charge in [0.2, 0.25) is 0 Å². The number of aromatic hydroxyl groups is 1. The lowest BCUT2D eigenvalue weighted by molar-refractivity contribution is 0.254. The molecule has 172 valence electrons. The molecule has 0 spiro atoms. The molecule has 12 heteroatoms. The first-order chi connectivity index (χ1) is 16.3. The van der Waals surface area contributed by atoms with Gasteiger partial charge in [-0.1, -0.05) is 0 Å². The Balaban J connectivity index is 1.56. The minimum absolute atomic E-state index is 0.0872. The number of carbonyl (C=O) groups is 1. The van der Waals surface area contributed by atoms with Crippen molar-refractivity contribution in [3.63, 3.8) is 0 Å². The van der Waals surface area contributed by atoms with Crippen molar-refractivity contribution in [3.05, 3.63) is 77.5 Å². The smallest absolute Gasteiger partial charge is 0.340 e. The van der Waals surface area contributed by atoms with E-state index in [4.69, 9.17) is 10.5 Å². The number of nitrogens with zero attached hydrogens (tertiary/aromatic N) is 7. The molecule has 3 N–H and O–H groups in total. The molecule has 2 aromatic carbocycles. The van der Waals surface area contributed by atoms with Gasteiger partial charge in [-0.3, -0.25) is 0 Å². The lowest BCUT2D eigenvalue weighted by Crippen LogP contribution is -2.31. The molecule has 4 rings (SSSR count). The van der Waals surface area contributed by atoms with Crippen molar-refractivity contribution in [1.29, 1.82) is 0 Å². The van der Waals surface area contributed by atoms with E-state index in [2.05, 4.69) is 25.6 Å². The third-order valence-corrected chi connectivity index (χ3v) is 4.73. The van der Waals surface area contributed by atoms with Crippen LogP contribution in [0.5, 0.6) is 17.2 Å². The molecule has 2 aromatic heterocycles. The van der Waals surface area contributed by atoms with Gasteiger partial charge in [-0.2, -0.15) is 14.8 Å². The van der Waals surface area contributed by atoms with Crippen molar-refractivity contribution >= 4 is 17.9 Å². The molecule has 0 aliphatic rings. The number of phenolic OH excluding ortho intramolecular Hbond substituents is 1. The van der Waals surface area contributed by atoms with Crippen LogP contribution in [0.4, 0.5) is 14.9 Å². The minimum atomic E-state index is -0.906. The molecular formula is C22H19FN8O3. The molecule has 4 aromatic rings. The Morgan fingerprint density at radius 3 is 2.62 bits per heavy atom. The maximum Gasteiger partial charge on any atom is 0.340 e. The molecule has 0 fully saturated rings. The molecule has 0 aliphatic heterocycles. The molecule has 0 aliphatic carbocycles. The normalized spacial score (nSPS) is 11.0. The average molecular weight is 462 g/mol. The summed E-state index contributed by atoms with van der Waals surface area (Å²) in [5, 5.41) is 25.7. The van der Waals surface area contributed by atoms with Crippen LogP contribution in [-0.2, 0) is 0 Å². The first-order valence-corrected chi connectivity index (χ1v) is 9.92. The zero-order valence-corrected chi connectivity index (χ0v) is 18.1. The van der Waals surface area contributed by atoms with Gasteiger partial charge in [0.25, 0.3) is 0 Å². The highest BCUT2D eigenvalue weighted by Crippen LogP contribution is 2.29. The zero-order valence-electron chi connectivity index (χ0n) is 18.1. The maximum absolute atomic E-state index is 14.8. The summed E-state index contributed by atoms with van der Waals surface area (Å²) < 4.78 is 21.8. The number of anilines is 1. The number of carbonyl (C=O) groups excluding carboxylic acids is 1. The van der Waals surface area contributed by atoms with E-state index in [0.717, 1.165) is 11.1 Å². The summed E-state index contributed by atoms with van der Waals surface area (Å²) in [5.74, 6) is 0.0381. The van der Waals surface area contributed by atoms with Crippen LogP contribution >= 0.6 is 0 Å². The average Bonchev–Trinajstić information content (AvgIpc) is 3.34. The quantitative estimate of drug-likeness (QED) is 0.330. The molecule has 11 nitrogen and oxygen atoms in total. The lowest BCUT2D eigenvalue weighted by atomic mass is 10.1. The summed E-state index contributed by atoms with van der Waals surface area (Å²) in [4.78, 5) is 16.1. The summed E-state index contributed by atoms with van der Waals surface area (Å²) in [6.07, 6.45) is 4.22. The number of phenols is 1. The fourth-order valence-corrected chi connectivity index (χ4v) is 3.13. The van der Waals surface area contributed by atoms with Crippen LogP contribution in [-0.4, -0.2) is 42.5 Å². The largest absolute Gasteiger partial charge is 0.507 e. The molecule has 0 atom stereocenters. The van der Waals surface area contributed by atoms with E-state index < -0.39 is 11.8 Å². The number of primary amides is 1. The number of aryl methyl sites for hydroxylation is 2. The number of urea groups is 1. The van der Waals surface area contributed by atoms with Crippen LogP contribution in [0.25, 0.3) is 5.82 Å². The van der Waals surface area contributed by atoms with Gasteiger partial charge in [-0.25, -0.2) is 14.2 Å². The number of pyridine rings is 1. The van der Waals surface area contributed by atoms with E-state index in [1.54, 1.807) is 32.0 Å². The van der Waals surface area contributed by atoms with Crippen molar-refractivity contribution < 1.29 is 19.0 Å². The highest BCUT2D eigenvalue weighted by molar-refractivity contribution is 5.93. The molecule has 0 saturated heterocycles. The number of nitrogens with two attached hydrogens (primary N) is 1. The van der Waals surface area contributed by atoms with Crippen molar-refractivity contribution in [2.75, 3.05) is 5.01 Å². The summed E-state index contributed by atoms with van der Waals surface area (Å²) in [6, 6.07) is 9.43. The Labute approximate surface area is 192 Å².